The van der Waals surface area contributed by atoms with Crippen molar-refractivity contribution in [2.24, 2.45) is 0 Å². The van der Waals surface area contributed by atoms with Crippen molar-refractivity contribution < 1.29 is 4.79 Å². The fraction of sp³-hybridized carbons (Fsp3) is 0.286. The molecule has 0 aliphatic carbocycles. The molecule has 2 aromatic carbocycles. The summed E-state index contributed by atoms with van der Waals surface area (Å²) in [6.07, 6.45) is 0. The van der Waals surface area contributed by atoms with Crippen LogP contribution in [0.1, 0.15) is 39.7 Å². The first-order chi connectivity index (χ1) is 12.3. The number of nitrogens with zero attached hydrogens (tertiary/aromatic N) is 2. The molecule has 0 bridgehead atoms. The van der Waals surface area contributed by atoms with Gasteiger partial charge in [-0.15, -0.1) is 0 Å². The number of nitrogens with one attached hydrogen (secondary N) is 1. The van der Waals surface area contributed by atoms with Crippen molar-refractivity contribution in [1.29, 1.82) is 0 Å². The standard InChI is InChI=1S/C21H23N3O2/c1-6-24-18-11-15(5)14(4)10-17(18)22-19(21(24)26)20(25)23-16-9-12(2)7-8-13(16)3/h7-11H,6H2,1-5H3,(H,23,25). The van der Waals surface area contributed by atoms with Gasteiger partial charge in [0.2, 0.25) is 0 Å². The Morgan fingerprint density at radius 2 is 1.73 bits per heavy atom. The molecule has 3 rings (SSSR count). The molecule has 1 heterocycles. The molecule has 1 amide bonds. The number of hydrogen-bond donors (Lipinski definition) is 1. The van der Waals surface area contributed by atoms with Crippen molar-refractivity contribution in [3.63, 3.8) is 0 Å². The lowest BCUT2D eigenvalue weighted by Crippen LogP contribution is -2.31. The van der Waals surface area contributed by atoms with Crippen LogP contribution in [-0.4, -0.2) is 15.5 Å². The maximum Gasteiger partial charge on any atom is 0.282 e. The Hall–Kier alpha value is -2.95. The van der Waals surface area contributed by atoms with E-state index in [1.54, 1.807) is 4.57 Å². The van der Waals surface area contributed by atoms with E-state index >= 15 is 0 Å². The van der Waals surface area contributed by atoms with Gasteiger partial charge >= 0.3 is 0 Å². The quantitative estimate of drug-likeness (QED) is 0.780. The fourth-order valence-corrected chi connectivity index (χ4v) is 3.01. The van der Waals surface area contributed by atoms with Gasteiger partial charge in [0.25, 0.3) is 11.5 Å². The largest absolute Gasteiger partial charge is 0.320 e. The molecule has 0 aliphatic rings. The summed E-state index contributed by atoms with van der Waals surface area (Å²) in [6.45, 7) is 10.2. The molecule has 134 valence electrons. The molecule has 0 spiro atoms. The number of carbonyl (C=O) groups excluding carboxylic acids is 1. The maximum atomic E-state index is 12.8. The van der Waals surface area contributed by atoms with Crippen LogP contribution in [0.2, 0.25) is 0 Å². The zero-order valence-electron chi connectivity index (χ0n) is 15.8. The average Bonchev–Trinajstić information content (AvgIpc) is 2.59. The minimum atomic E-state index is -0.481. The smallest absolute Gasteiger partial charge is 0.282 e. The van der Waals surface area contributed by atoms with E-state index in [2.05, 4.69) is 10.3 Å². The summed E-state index contributed by atoms with van der Waals surface area (Å²) in [4.78, 5) is 30.0. The Bertz CT molecular complexity index is 1080. The number of aromatic nitrogens is 2. The fourth-order valence-electron chi connectivity index (χ4n) is 3.01. The normalized spacial score (nSPS) is 11.0. The first kappa shape index (κ1) is 17.9. The molecule has 1 aromatic heterocycles. The van der Waals surface area contributed by atoms with Gasteiger partial charge < -0.3 is 9.88 Å². The summed E-state index contributed by atoms with van der Waals surface area (Å²) in [5.41, 5.74) is 5.79. The second kappa shape index (κ2) is 6.75. The SMILES string of the molecule is CCn1c(=O)c(C(=O)Nc2cc(C)ccc2C)nc2cc(C)c(C)cc21. The highest BCUT2D eigenvalue weighted by Crippen LogP contribution is 2.19. The maximum absolute atomic E-state index is 12.8. The van der Waals surface area contributed by atoms with Gasteiger partial charge in [-0.25, -0.2) is 4.98 Å². The number of aryl methyl sites for hydroxylation is 5. The Morgan fingerprint density at radius 3 is 2.42 bits per heavy atom. The van der Waals surface area contributed by atoms with E-state index in [1.165, 1.54) is 0 Å². The Labute approximate surface area is 152 Å². The third-order valence-corrected chi connectivity index (χ3v) is 4.73. The summed E-state index contributed by atoms with van der Waals surface area (Å²) >= 11 is 0. The van der Waals surface area contributed by atoms with Gasteiger partial charge in [-0.1, -0.05) is 12.1 Å². The van der Waals surface area contributed by atoms with Crippen molar-refractivity contribution in [1.82, 2.24) is 9.55 Å². The molecule has 0 atom stereocenters. The van der Waals surface area contributed by atoms with Crippen molar-refractivity contribution in [2.75, 3.05) is 5.32 Å². The Balaban J connectivity index is 2.13. The van der Waals surface area contributed by atoms with Crippen molar-refractivity contribution in [3.8, 4) is 0 Å². The molecule has 0 aliphatic heterocycles. The summed E-state index contributed by atoms with van der Waals surface area (Å²) in [7, 11) is 0. The third-order valence-electron chi connectivity index (χ3n) is 4.73. The number of anilines is 1. The molecule has 0 saturated carbocycles. The van der Waals surface area contributed by atoms with E-state index in [9.17, 15) is 9.59 Å². The van der Waals surface area contributed by atoms with Gasteiger partial charge in [-0.05, 0) is 75.1 Å². The molecule has 0 radical (unpaired) electrons. The van der Waals surface area contributed by atoms with Crippen molar-refractivity contribution in [3.05, 3.63) is 68.6 Å². The molecule has 5 heteroatoms. The van der Waals surface area contributed by atoms with Crippen LogP contribution in [-0.2, 0) is 6.54 Å². The zero-order valence-corrected chi connectivity index (χ0v) is 15.8. The average molecular weight is 349 g/mol. The van der Waals surface area contributed by atoms with Crippen LogP contribution in [0.15, 0.2) is 35.1 Å². The minimum Gasteiger partial charge on any atom is -0.320 e. The second-order valence-corrected chi connectivity index (χ2v) is 6.71. The summed E-state index contributed by atoms with van der Waals surface area (Å²) in [5, 5.41) is 2.84. The van der Waals surface area contributed by atoms with Crippen LogP contribution in [0.3, 0.4) is 0 Å². The summed E-state index contributed by atoms with van der Waals surface area (Å²) in [5.74, 6) is -0.481. The first-order valence-electron chi connectivity index (χ1n) is 8.72. The summed E-state index contributed by atoms with van der Waals surface area (Å²) in [6, 6.07) is 9.68. The third kappa shape index (κ3) is 3.12. The predicted octanol–water partition coefficient (Wildman–Crippen LogP) is 3.90. The second-order valence-electron chi connectivity index (χ2n) is 6.71. The zero-order chi connectivity index (χ0) is 19.0. The molecular weight excluding hydrogens is 326 g/mol. The Kier molecular flexibility index (Phi) is 4.64. The van der Waals surface area contributed by atoms with Crippen molar-refractivity contribution in [2.45, 2.75) is 41.2 Å². The molecule has 0 unspecified atom stereocenters. The van der Waals surface area contributed by atoms with Gasteiger partial charge in [0, 0.05) is 12.2 Å². The van der Waals surface area contributed by atoms with Crippen LogP contribution in [0.4, 0.5) is 5.69 Å². The van der Waals surface area contributed by atoms with Crippen LogP contribution >= 0.6 is 0 Å². The molecule has 26 heavy (non-hydrogen) atoms. The van der Waals surface area contributed by atoms with E-state index in [1.807, 2.05) is 65.0 Å². The number of hydrogen-bond acceptors (Lipinski definition) is 3. The minimum absolute atomic E-state index is 0.0801. The van der Waals surface area contributed by atoms with E-state index < -0.39 is 5.91 Å². The monoisotopic (exact) mass is 349 g/mol. The van der Waals surface area contributed by atoms with Gasteiger partial charge in [0.05, 0.1) is 11.0 Å². The van der Waals surface area contributed by atoms with Gasteiger partial charge in [-0.3, -0.25) is 9.59 Å². The lowest BCUT2D eigenvalue weighted by molar-refractivity contribution is 0.102. The van der Waals surface area contributed by atoms with Crippen LogP contribution in [0.25, 0.3) is 11.0 Å². The van der Waals surface area contributed by atoms with Crippen LogP contribution in [0, 0.1) is 27.7 Å². The highest BCUT2D eigenvalue weighted by atomic mass is 16.2. The molecule has 0 saturated heterocycles. The first-order valence-corrected chi connectivity index (χ1v) is 8.72. The van der Waals surface area contributed by atoms with Gasteiger partial charge in [0.1, 0.15) is 0 Å². The predicted molar refractivity (Wildman–Crippen MR) is 105 cm³/mol. The van der Waals surface area contributed by atoms with Crippen LogP contribution in [0.5, 0.6) is 0 Å². The lowest BCUT2D eigenvalue weighted by atomic mass is 10.1. The van der Waals surface area contributed by atoms with E-state index in [0.29, 0.717) is 17.7 Å². The number of amides is 1. The van der Waals surface area contributed by atoms with Gasteiger partial charge in [-0.2, -0.15) is 0 Å². The number of carbonyl (C=O) groups is 1. The van der Waals surface area contributed by atoms with E-state index in [4.69, 9.17) is 0 Å². The Morgan fingerprint density at radius 1 is 1.04 bits per heavy atom. The molecule has 5 nitrogen and oxygen atoms in total. The number of fused-ring (bicyclic) bond motifs is 1. The van der Waals surface area contributed by atoms with Crippen LogP contribution < -0.4 is 10.9 Å². The molecule has 3 aromatic rings. The number of rotatable bonds is 3. The molecule has 0 fully saturated rings. The number of benzene rings is 2. The van der Waals surface area contributed by atoms with Gasteiger partial charge in [0.15, 0.2) is 5.69 Å². The molecular formula is C21H23N3O2. The van der Waals surface area contributed by atoms with Crippen molar-refractivity contribution >= 4 is 22.6 Å². The molecule has 1 N–H and O–H groups in total. The van der Waals surface area contributed by atoms with E-state index in [-0.39, 0.29) is 11.3 Å². The lowest BCUT2D eigenvalue weighted by Gasteiger charge is -2.13. The summed E-state index contributed by atoms with van der Waals surface area (Å²) < 4.78 is 1.60. The topological polar surface area (TPSA) is 64.0 Å². The highest BCUT2D eigenvalue weighted by Gasteiger charge is 2.18. The van der Waals surface area contributed by atoms with E-state index in [0.717, 1.165) is 27.8 Å². The highest BCUT2D eigenvalue weighted by molar-refractivity contribution is 6.04.